The zero-order valence-electron chi connectivity index (χ0n) is 17.8. The average molecular weight is 460 g/mol. The lowest BCUT2D eigenvalue weighted by Crippen LogP contribution is -2.32. The number of nitrogens with zero attached hydrogens (tertiary/aromatic N) is 1. The number of methoxy groups -OCH3 is 2. The van der Waals surface area contributed by atoms with Crippen molar-refractivity contribution in [3.8, 4) is 11.5 Å². The van der Waals surface area contributed by atoms with Gasteiger partial charge in [0.05, 0.1) is 19.1 Å². The molecule has 0 aliphatic rings. The van der Waals surface area contributed by atoms with Crippen molar-refractivity contribution < 1.29 is 17.9 Å². The van der Waals surface area contributed by atoms with Crippen LogP contribution in [0.5, 0.6) is 11.5 Å². The Bertz CT molecular complexity index is 1110. The van der Waals surface area contributed by atoms with Crippen LogP contribution >= 0.6 is 11.6 Å². The number of aryl methyl sites for hydroxylation is 1. The highest BCUT2D eigenvalue weighted by atomic mass is 35.5. The Morgan fingerprint density at radius 1 is 0.839 bits per heavy atom. The number of halogens is 1. The second kappa shape index (κ2) is 10.2. The normalized spacial score (nSPS) is 11.5. The number of hydrogen-bond donors (Lipinski definition) is 0. The van der Waals surface area contributed by atoms with Crippen LogP contribution in [0.2, 0.25) is 5.02 Å². The molecular weight excluding hydrogens is 434 g/mol. The van der Waals surface area contributed by atoms with Gasteiger partial charge in [-0.05, 0) is 60.9 Å². The summed E-state index contributed by atoms with van der Waals surface area (Å²) in [5.74, 6) is 1.25. The van der Waals surface area contributed by atoms with Gasteiger partial charge >= 0.3 is 0 Å². The van der Waals surface area contributed by atoms with Crippen LogP contribution < -0.4 is 9.47 Å². The molecule has 0 atom stereocenters. The Hall–Kier alpha value is -2.54. The van der Waals surface area contributed by atoms with Crippen LogP contribution in [0.25, 0.3) is 0 Å². The van der Waals surface area contributed by atoms with Crippen LogP contribution in [-0.4, -0.2) is 33.5 Å². The molecule has 31 heavy (non-hydrogen) atoms. The molecule has 0 N–H and O–H groups in total. The molecule has 0 saturated heterocycles. The summed E-state index contributed by atoms with van der Waals surface area (Å²) in [7, 11) is -0.518. The molecule has 7 heteroatoms. The van der Waals surface area contributed by atoms with Crippen LogP contribution in [0.1, 0.15) is 16.7 Å². The Kier molecular flexibility index (Phi) is 7.59. The SMILES string of the molecule is COc1ccc(CCN(Cc2ccc(Cl)cc2)S(=O)(=O)c2ccc(C)cc2)cc1OC. The molecule has 5 nitrogen and oxygen atoms in total. The van der Waals surface area contributed by atoms with Gasteiger partial charge in [0.1, 0.15) is 0 Å². The predicted octanol–water partition coefficient (Wildman–Crippen LogP) is 5.10. The first kappa shape index (κ1) is 23.1. The van der Waals surface area contributed by atoms with E-state index in [0.717, 1.165) is 16.7 Å². The van der Waals surface area contributed by atoms with E-state index in [2.05, 4.69) is 0 Å². The highest BCUT2D eigenvalue weighted by Crippen LogP contribution is 2.28. The maximum absolute atomic E-state index is 13.4. The van der Waals surface area contributed by atoms with E-state index in [1.54, 1.807) is 38.5 Å². The lowest BCUT2D eigenvalue weighted by molar-refractivity contribution is 0.354. The van der Waals surface area contributed by atoms with Crippen molar-refractivity contribution in [3.05, 3.63) is 88.4 Å². The second-order valence-electron chi connectivity index (χ2n) is 7.22. The fourth-order valence-electron chi connectivity index (χ4n) is 3.23. The molecule has 164 valence electrons. The summed E-state index contributed by atoms with van der Waals surface area (Å²) in [5, 5.41) is 0.613. The van der Waals surface area contributed by atoms with E-state index in [4.69, 9.17) is 21.1 Å². The van der Waals surface area contributed by atoms with E-state index in [1.165, 1.54) is 4.31 Å². The van der Waals surface area contributed by atoms with Gasteiger partial charge in [0.2, 0.25) is 10.0 Å². The fraction of sp³-hybridized carbons (Fsp3) is 0.250. The third-order valence-corrected chi connectivity index (χ3v) is 7.14. The van der Waals surface area contributed by atoms with Gasteiger partial charge in [0, 0.05) is 18.1 Å². The average Bonchev–Trinajstić information content (AvgIpc) is 2.77. The molecule has 3 aromatic rings. The number of hydrogen-bond acceptors (Lipinski definition) is 4. The predicted molar refractivity (Wildman–Crippen MR) is 123 cm³/mol. The number of rotatable bonds is 9. The maximum atomic E-state index is 13.4. The summed E-state index contributed by atoms with van der Waals surface area (Å²) < 4.78 is 39.0. The zero-order chi connectivity index (χ0) is 22.4. The Morgan fingerprint density at radius 3 is 2.06 bits per heavy atom. The molecule has 0 radical (unpaired) electrons. The zero-order valence-corrected chi connectivity index (χ0v) is 19.4. The van der Waals surface area contributed by atoms with Crippen molar-refractivity contribution in [1.29, 1.82) is 0 Å². The van der Waals surface area contributed by atoms with Gasteiger partial charge < -0.3 is 9.47 Å². The quantitative estimate of drug-likeness (QED) is 0.446. The molecule has 0 spiro atoms. The summed E-state index contributed by atoms with van der Waals surface area (Å²) in [6.45, 7) is 2.49. The van der Waals surface area contributed by atoms with E-state index in [-0.39, 0.29) is 11.4 Å². The summed E-state index contributed by atoms with van der Waals surface area (Å²) in [6, 6.07) is 19.7. The van der Waals surface area contributed by atoms with Gasteiger partial charge in [-0.15, -0.1) is 0 Å². The molecule has 0 aromatic heterocycles. The topological polar surface area (TPSA) is 55.8 Å². The van der Waals surface area contributed by atoms with E-state index in [1.807, 2.05) is 49.4 Å². The van der Waals surface area contributed by atoms with E-state index in [9.17, 15) is 8.42 Å². The van der Waals surface area contributed by atoms with Gasteiger partial charge in [-0.2, -0.15) is 4.31 Å². The monoisotopic (exact) mass is 459 g/mol. The molecule has 3 aromatic carbocycles. The largest absolute Gasteiger partial charge is 0.493 e. The summed E-state index contributed by atoms with van der Waals surface area (Å²) in [5.41, 5.74) is 2.83. The molecule has 0 fully saturated rings. The molecule has 0 heterocycles. The van der Waals surface area contributed by atoms with Gasteiger partial charge in [0.25, 0.3) is 0 Å². The van der Waals surface area contributed by atoms with E-state index in [0.29, 0.717) is 29.5 Å². The van der Waals surface area contributed by atoms with Crippen LogP contribution in [0.3, 0.4) is 0 Å². The second-order valence-corrected chi connectivity index (χ2v) is 9.59. The third kappa shape index (κ3) is 5.79. The van der Waals surface area contributed by atoms with Crippen molar-refractivity contribution >= 4 is 21.6 Å². The molecule has 0 saturated carbocycles. The van der Waals surface area contributed by atoms with Crippen molar-refractivity contribution in [2.24, 2.45) is 0 Å². The van der Waals surface area contributed by atoms with Crippen molar-refractivity contribution in [2.45, 2.75) is 24.8 Å². The van der Waals surface area contributed by atoms with Crippen LogP contribution in [-0.2, 0) is 23.0 Å². The minimum absolute atomic E-state index is 0.251. The molecule has 3 rings (SSSR count). The molecular formula is C24H26ClNO4S. The van der Waals surface area contributed by atoms with Crippen molar-refractivity contribution in [2.75, 3.05) is 20.8 Å². The Morgan fingerprint density at radius 2 is 1.45 bits per heavy atom. The number of sulfonamides is 1. The summed E-state index contributed by atoms with van der Waals surface area (Å²) in [4.78, 5) is 0.277. The lowest BCUT2D eigenvalue weighted by Gasteiger charge is -2.23. The smallest absolute Gasteiger partial charge is 0.243 e. The molecule has 0 aliphatic heterocycles. The van der Waals surface area contributed by atoms with Crippen molar-refractivity contribution in [1.82, 2.24) is 4.31 Å². The molecule has 0 amide bonds. The highest BCUT2D eigenvalue weighted by Gasteiger charge is 2.24. The standard InChI is InChI=1S/C24H26ClNO4S/c1-18-4-11-22(12-5-18)31(27,28)26(17-20-6-9-21(25)10-7-20)15-14-19-8-13-23(29-2)24(16-19)30-3/h4-13,16H,14-15,17H2,1-3H3. The van der Waals surface area contributed by atoms with Gasteiger partial charge in [-0.1, -0.05) is 47.5 Å². The van der Waals surface area contributed by atoms with Crippen LogP contribution in [0, 0.1) is 6.92 Å². The Balaban J connectivity index is 1.88. The Labute approximate surface area is 189 Å². The van der Waals surface area contributed by atoms with Crippen molar-refractivity contribution in [3.63, 3.8) is 0 Å². The first-order valence-electron chi connectivity index (χ1n) is 9.85. The van der Waals surface area contributed by atoms with Gasteiger partial charge in [-0.25, -0.2) is 8.42 Å². The first-order valence-corrected chi connectivity index (χ1v) is 11.7. The summed E-state index contributed by atoms with van der Waals surface area (Å²) in [6.07, 6.45) is 0.527. The van der Waals surface area contributed by atoms with Gasteiger partial charge in [0.15, 0.2) is 11.5 Å². The van der Waals surface area contributed by atoms with Gasteiger partial charge in [-0.3, -0.25) is 0 Å². The fourth-order valence-corrected chi connectivity index (χ4v) is 4.78. The molecule has 0 unspecified atom stereocenters. The summed E-state index contributed by atoms with van der Waals surface area (Å²) >= 11 is 5.99. The number of benzene rings is 3. The molecule has 0 aliphatic carbocycles. The van der Waals surface area contributed by atoms with Crippen LogP contribution in [0.4, 0.5) is 0 Å². The van der Waals surface area contributed by atoms with Crippen LogP contribution in [0.15, 0.2) is 71.6 Å². The first-order chi connectivity index (χ1) is 14.8. The molecule has 0 bridgehead atoms. The minimum Gasteiger partial charge on any atom is -0.493 e. The lowest BCUT2D eigenvalue weighted by atomic mass is 10.1. The maximum Gasteiger partial charge on any atom is 0.243 e. The number of ether oxygens (including phenoxy) is 2. The van der Waals surface area contributed by atoms with E-state index >= 15 is 0 Å². The third-order valence-electron chi connectivity index (χ3n) is 5.03. The minimum atomic E-state index is -3.68. The highest BCUT2D eigenvalue weighted by molar-refractivity contribution is 7.89. The van der Waals surface area contributed by atoms with E-state index < -0.39 is 10.0 Å².